The third-order valence-corrected chi connectivity index (χ3v) is 2.47. The Kier molecular flexibility index (Phi) is 2.30. The first kappa shape index (κ1) is 8.68. The van der Waals surface area contributed by atoms with Crippen LogP contribution in [0, 0.1) is 0 Å². The van der Waals surface area contributed by atoms with Crippen LogP contribution in [0.5, 0.6) is 0 Å². The molecular formula is C8H15NO2. The average molecular weight is 157 g/mol. The number of rotatable bonds is 1. The van der Waals surface area contributed by atoms with Crippen molar-refractivity contribution >= 4 is 5.78 Å². The monoisotopic (exact) mass is 157 g/mol. The Bertz CT molecular complexity index is 159. The number of piperidine rings is 1. The molecule has 1 fully saturated rings. The maximum Gasteiger partial charge on any atom is 0.161 e. The van der Waals surface area contributed by atoms with Crippen LogP contribution in [-0.2, 0) is 4.79 Å². The van der Waals surface area contributed by atoms with Gasteiger partial charge in [-0.25, -0.2) is 0 Å². The first-order valence-electron chi connectivity index (χ1n) is 3.96. The van der Waals surface area contributed by atoms with Gasteiger partial charge >= 0.3 is 0 Å². The molecule has 0 spiro atoms. The Labute approximate surface area is 67.0 Å². The van der Waals surface area contributed by atoms with Crippen LogP contribution in [0.1, 0.15) is 19.8 Å². The van der Waals surface area contributed by atoms with E-state index in [1.165, 1.54) is 6.92 Å². The summed E-state index contributed by atoms with van der Waals surface area (Å²) >= 11 is 0. The number of hydrogen-bond donors (Lipinski definition) is 1. The van der Waals surface area contributed by atoms with Crippen molar-refractivity contribution in [2.45, 2.75) is 25.4 Å². The topological polar surface area (TPSA) is 40.5 Å². The molecule has 1 N–H and O–H groups in total. The Morgan fingerprint density at radius 2 is 1.91 bits per heavy atom. The zero-order chi connectivity index (χ0) is 8.48. The lowest BCUT2D eigenvalue weighted by molar-refractivity contribution is -0.139. The number of Topliss-reactive ketones (excluding diaryl/α,β-unsaturated/α-hetero) is 1. The molecule has 0 aromatic rings. The Morgan fingerprint density at radius 3 is 2.27 bits per heavy atom. The molecule has 0 aromatic heterocycles. The molecule has 0 atom stereocenters. The number of carbonyl (C=O) groups excluding carboxylic acids is 1. The number of nitrogens with zero attached hydrogens (tertiary/aromatic N) is 1. The number of ketones is 1. The van der Waals surface area contributed by atoms with E-state index in [2.05, 4.69) is 4.90 Å². The van der Waals surface area contributed by atoms with Crippen molar-refractivity contribution in [3.05, 3.63) is 0 Å². The highest BCUT2D eigenvalue weighted by molar-refractivity contribution is 5.84. The maximum absolute atomic E-state index is 11.0. The highest BCUT2D eigenvalue weighted by atomic mass is 16.3. The quantitative estimate of drug-likeness (QED) is 0.584. The standard InChI is InChI=1S/C8H15NO2/c1-7(10)8(11)3-5-9(2)6-4-8/h11H,3-6H2,1-2H3. The van der Waals surface area contributed by atoms with Crippen LogP contribution in [0.15, 0.2) is 0 Å². The average Bonchev–Trinajstić information content (AvgIpc) is 1.95. The Balaban J connectivity index is 2.55. The van der Waals surface area contributed by atoms with E-state index in [0.717, 1.165) is 13.1 Å². The van der Waals surface area contributed by atoms with Crippen LogP contribution in [0.4, 0.5) is 0 Å². The van der Waals surface area contributed by atoms with E-state index in [9.17, 15) is 9.90 Å². The van der Waals surface area contributed by atoms with Gasteiger partial charge < -0.3 is 10.0 Å². The van der Waals surface area contributed by atoms with Gasteiger partial charge in [0.1, 0.15) is 5.60 Å². The predicted molar refractivity (Wildman–Crippen MR) is 42.4 cm³/mol. The lowest BCUT2D eigenvalue weighted by atomic mass is 9.88. The minimum atomic E-state index is -1.02. The zero-order valence-electron chi connectivity index (χ0n) is 7.13. The lowest BCUT2D eigenvalue weighted by Gasteiger charge is -2.34. The van der Waals surface area contributed by atoms with E-state index in [0.29, 0.717) is 12.8 Å². The van der Waals surface area contributed by atoms with Crippen molar-refractivity contribution in [2.24, 2.45) is 0 Å². The van der Waals surface area contributed by atoms with Crippen molar-refractivity contribution < 1.29 is 9.90 Å². The molecular weight excluding hydrogens is 142 g/mol. The first-order valence-corrected chi connectivity index (χ1v) is 3.96. The van der Waals surface area contributed by atoms with Gasteiger partial charge in [0.2, 0.25) is 0 Å². The van der Waals surface area contributed by atoms with Crippen molar-refractivity contribution in [2.75, 3.05) is 20.1 Å². The molecule has 11 heavy (non-hydrogen) atoms. The first-order chi connectivity index (χ1) is 5.04. The molecule has 1 saturated heterocycles. The summed E-state index contributed by atoms with van der Waals surface area (Å²) < 4.78 is 0. The molecule has 3 nitrogen and oxygen atoms in total. The molecule has 1 aliphatic rings. The molecule has 0 radical (unpaired) electrons. The Morgan fingerprint density at radius 1 is 1.45 bits per heavy atom. The fraction of sp³-hybridized carbons (Fsp3) is 0.875. The normalized spacial score (nSPS) is 25.0. The third-order valence-electron chi connectivity index (χ3n) is 2.47. The van der Waals surface area contributed by atoms with Crippen LogP contribution < -0.4 is 0 Å². The van der Waals surface area contributed by atoms with Crippen molar-refractivity contribution in [1.29, 1.82) is 0 Å². The van der Waals surface area contributed by atoms with Crippen molar-refractivity contribution in [3.8, 4) is 0 Å². The number of aliphatic hydroxyl groups is 1. The summed E-state index contributed by atoms with van der Waals surface area (Å²) in [5.41, 5.74) is -1.02. The summed E-state index contributed by atoms with van der Waals surface area (Å²) in [4.78, 5) is 13.1. The van der Waals surface area contributed by atoms with Gasteiger partial charge in [-0.1, -0.05) is 0 Å². The van der Waals surface area contributed by atoms with E-state index in [1.54, 1.807) is 0 Å². The predicted octanol–water partition coefficient (Wildman–Crippen LogP) is 0.0321. The fourth-order valence-electron chi connectivity index (χ4n) is 1.34. The van der Waals surface area contributed by atoms with Crippen LogP contribution >= 0.6 is 0 Å². The van der Waals surface area contributed by atoms with E-state index < -0.39 is 5.60 Å². The van der Waals surface area contributed by atoms with Gasteiger partial charge in [-0.15, -0.1) is 0 Å². The zero-order valence-corrected chi connectivity index (χ0v) is 7.13. The SMILES string of the molecule is CC(=O)C1(O)CCN(C)CC1. The summed E-state index contributed by atoms with van der Waals surface area (Å²) in [5, 5.41) is 9.69. The molecule has 0 aromatic carbocycles. The summed E-state index contributed by atoms with van der Waals surface area (Å²) in [7, 11) is 2.00. The molecule has 64 valence electrons. The van der Waals surface area contributed by atoms with Gasteiger partial charge in [0.25, 0.3) is 0 Å². The van der Waals surface area contributed by atoms with Crippen LogP contribution in [0.25, 0.3) is 0 Å². The summed E-state index contributed by atoms with van der Waals surface area (Å²) in [6.45, 7) is 3.09. The summed E-state index contributed by atoms with van der Waals surface area (Å²) in [5.74, 6) is -0.0920. The molecule has 1 heterocycles. The molecule has 3 heteroatoms. The number of hydrogen-bond acceptors (Lipinski definition) is 3. The molecule has 0 unspecified atom stereocenters. The van der Waals surface area contributed by atoms with Gasteiger partial charge in [0.05, 0.1) is 0 Å². The Hall–Kier alpha value is -0.410. The molecule has 0 bridgehead atoms. The second-order valence-corrected chi connectivity index (χ2v) is 3.39. The second kappa shape index (κ2) is 2.91. The highest BCUT2D eigenvalue weighted by Gasteiger charge is 2.35. The third kappa shape index (κ3) is 1.79. The summed E-state index contributed by atoms with van der Waals surface area (Å²) in [6, 6.07) is 0. The smallest absolute Gasteiger partial charge is 0.161 e. The maximum atomic E-state index is 11.0. The number of carbonyl (C=O) groups is 1. The molecule has 0 amide bonds. The fourth-order valence-corrected chi connectivity index (χ4v) is 1.34. The van der Waals surface area contributed by atoms with E-state index in [4.69, 9.17) is 0 Å². The van der Waals surface area contributed by atoms with E-state index in [-0.39, 0.29) is 5.78 Å². The summed E-state index contributed by atoms with van der Waals surface area (Å²) in [6.07, 6.45) is 1.16. The van der Waals surface area contributed by atoms with Gasteiger partial charge in [-0.2, -0.15) is 0 Å². The molecule has 0 aliphatic carbocycles. The van der Waals surface area contributed by atoms with Crippen LogP contribution in [-0.4, -0.2) is 41.5 Å². The minimum absolute atomic E-state index is 0.0920. The van der Waals surface area contributed by atoms with Crippen molar-refractivity contribution in [1.82, 2.24) is 4.90 Å². The lowest BCUT2D eigenvalue weighted by Crippen LogP contribution is -2.47. The largest absolute Gasteiger partial charge is 0.382 e. The molecule has 0 saturated carbocycles. The minimum Gasteiger partial charge on any atom is -0.382 e. The highest BCUT2D eigenvalue weighted by Crippen LogP contribution is 2.21. The molecule has 1 aliphatic heterocycles. The van der Waals surface area contributed by atoms with Gasteiger partial charge in [0.15, 0.2) is 5.78 Å². The van der Waals surface area contributed by atoms with Gasteiger partial charge in [0, 0.05) is 13.1 Å². The van der Waals surface area contributed by atoms with Gasteiger partial charge in [-0.05, 0) is 26.8 Å². The van der Waals surface area contributed by atoms with Gasteiger partial charge in [-0.3, -0.25) is 4.79 Å². The van der Waals surface area contributed by atoms with Crippen LogP contribution in [0.3, 0.4) is 0 Å². The van der Waals surface area contributed by atoms with Crippen molar-refractivity contribution in [3.63, 3.8) is 0 Å². The second-order valence-electron chi connectivity index (χ2n) is 3.39. The van der Waals surface area contributed by atoms with Crippen LogP contribution in [0.2, 0.25) is 0 Å². The number of likely N-dealkylation sites (tertiary alicyclic amines) is 1. The van der Waals surface area contributed by atoms with E-state index >= 15 is 0 Å². The molecule has 1 rings (SSSR count). The van der Waals surface area contributed by atoms with E-state index in [1.807, 2.05) is 7.05 Å².